The van der Waals surface area contributed by atoms with Crippen molar-refractivity contribution in [3.63, 3.8) is 0 Å². The summed E-state index contributed by atoms with van der Waals surface area (Å²) in [6.45, 7) is 0.246. The number of carbonyl (C=O) groups excluding carboxylic acids is 1. The molecule has 0 aliphatic carbocycles. The zero-order valence-corrected chi connectivity index (χ0v) is 12.0. The second-order valence-electron chi connectivity index (χ2n) is 3.94. The Kier molecular flexibility index (Phi) is 3.58. The van der Waals surface area contributed by atoms with Crippen LogP contribution in [0, 0.1) is 12.3 Å². The van der Waals surface area contributed by atoms with E-state index in [4.69, 9.17) is 6.42 Å². The molecule has 1 aromatic carbocycles. The molecule has 0 atom stereocenters. The molecule has 5 nitrogen and oxygen atoms in total. The van der Waals surface area contributed by atoms with Gasteiger partial charge in [-0.05, 0) is 12.1 Å². The van der Waals surface area contributed by atoms with Crippen LogP contribution in [0.4, 0.5) is 0 Å². The monoisotopic (exact) mass is 302 g/mol. The fraction of sp³-hybridized carbons (Fsp3) is 0.154. The molecule has 2 heterocycles. The van der Waals surface area contributed by atoms with Crippen molar-refractivity contribution in [2.45, 2.75) is 5.16 Å². The Morgan fingerprint density at radius 3 is 3.15 bits per heavy atom. The minimum Gasteiger partial charge on any atom is -0.344 e. The molecule has 2 aromatic heterocycles. The van der Waals surface area contributed by atoms with Crippen LogP contribution in [-0.2, 0) is 4.79 Å². The van der Waals surface area contributed by atoms with Crippen LogP contribution in [0.5, 0.6) is 0 Å². The highest BCUT2D eigenvalue weighted by molar-refractivity contribution is 7.99. The van der Waals surface area contributed by atoms with Gasteiger partial charge in [-0.25, -0.2) is 0 Å². The van der Waals surface area contributed by atoms with Crippen LogP contribution in [-0.4, -0.2) is 32.8 Å². The predicted molar refractivity (Wildman–Crippen MR) is 80.9 cm³/mol. The van der Waals surface area contributed by atoms with E-state index in [0.717, 1.165) is 15.2 Å². The van der Waals surface area contributed by atoms with E-state index >= 15 is 0 Å². The Balaban J connectivity index is 1.85. The van der Waals surface area contributed by atoms with E-state index in [9.17, 15) is 4.79 Å². The number of terminal acetylenes is 1. The van der Waals surface area contributed by atoms with Gasteiger partial charge in [-0.3, -0.25) is 9.20 Å². The molecule has 0 saturated carbocycles. The third-order valence-corrected chi connectivity index (χ3v) is 4.57. The maximum Gasteiger partial charge on any atom is 0.231 e. The van der Waals surface area contributed by atoms with Gasteiger partial charge in [0.25, 0.3) is 0 Å². The van der Waals surface area contributed by atoms with Crippen molar-refractivity contribution >= 4 is 44.2 Å². The summed E-state index contributed by atoms with van der Waals surface area (Å²) in [5.41, 5.74) is 1.06. The second-order valence-corrected chi connectivity index (χ2v) is 5.89. The number of nitrogens with one attached hydrogen (secondary N) is 1. The van der Waals surface area contributed by atoms with Crippen LogP contribution < -0.4 is 5.32 Å². The highest BCUT2D eigenvalue weighted by Gasteiger charge is 2.13. The first-order valence-corrected chi connectivity index (χ1v) is 7.65. The summed E-state index contributed by atoms with van der Waals surface area (Å²) in [4.78, 5) is 12.4. The van der Waals surface area contributed by atoms with Crippen molar-refractivity contribution < 1.29 is 4.79 Å². The van der Waals surface area contributed by atoms with Gasteiger partial charge < -0.3 is 5.32 Å². The standard InChI is InChI=1S/C13H10N4OS2/c1-2-7-14-11(18)8-19-12-15-16-13-17(12)9-5-3-4-6-10(9)20-13/h1,3-6H,7-8H2,(H,14,18). The SMILES string of the molecule is C#CCNC(=O)CSc1nnc2sc3ccccc3n12. The highest BCUT2D eigenvalue weighted by Crippen LogP contribution is 2.29. The van der Waals surface area contributed by atoms with E-state index in [1.54, 1.807) is 11.3 Å². The molecule has 0 aliphatic rings. The molecule has 100 valence electrons. The van der Waals surface area contributed by atoms with E-state index in [-0.39, 0.29) is 18.2 Å². The smallest absolute Gasteiger partial charge is 0.231 e. The number of rotatable bonds is 4. The lowest BCUT2D eigenvalue weighted by atomic mass is 10.3. The number of benzene rings is 1. The largest absolute Gasteiger partial charge is 0.344 e. The van der Waals surface area contributed by atoms with Crippen molar-refractivity contribution in [2.24, 2.45) is 0 Å². The average Bonchev–Trinajstić information content (AvgIpc) is 3.02. The number of amides is 1. The van der Waals surface area contributed by atoms with Crippen LogP contribution in [0.25, 0.3) is 15.2 Å². The summed E-state index contributed by atoms with van der Waals surface area (Å²) >= 11 is 2.93. The summed E-state index contributed by atoms with van der Waals surface area (Å²) < 4.78 is 3.12. The average molecular weight is 302 g/mol. The molecule has 0 spiro atoms. The third kappa shape index (κ3) is 2.35. The number of fused-ring (bicyclic) bond motifs is 3. The number of hydrogen-bond donors (Lipinski definition) is 1. The number of hydrogen-bond acceptors (Lipinski definition) is 5. The predicted octanol–water partition coefficient (Wildman–Crippen LogP) is 1.79. The molecular weight excluding hydrogens is 292 g/mol. The molecule has 0 saturated heterocycles. The van der Waals surface area contributed by atoms with Gasteiger partial charge in [0.05, 0.1) is 22.5 Å². The van der Waals surface area contributed by atoms with E-state index in [1.807, 2.05) is 28.7 Å². The van der Waals surface area contributed by atoms with Gasteiger partial charge >= 0.3 is 0 Å². The van der Waals surface area contributed by atoms with Crippen LogP contribution >= 0.6 is 23.1 Å². The molecule has 1 N–H and O–H groups in total. The second kappa shape index (κ2) is 5.53. The van der Waals surface area contributed by atoms with Crippen molar-refractivity contribution in [1.29, 1.82) is 0 Å². The fourth-order valence-electron chi connectivity index (χ4n) is 1.78. The summed E-state index contributed by atoms with van der Waals surface area (Å²) in [6.07, 6.45) is 5.09. The van der Waals surface area contributed by atoms with Gasteiger partial charge in [0.15, 0.2) is 5.16 Å². The molecule has 1 amide bonds. The number of thioether (sulfide) groups is 1. The Morgan fingerprint density at radius 1 is 1.45 bits per heavy atom. The molecule has 0 unspecified atom stereocenters. The van der Waals surface area contributed by atoms with Crippen molar-refractivity contribution in [3.8, 4) is 12.3 Å². The molecule has 3 aromatic rings. The molecule has 7 heteroatoms. The quantitative estimate of drug-likeness (QED) is 0.589. The maximum atomic E-state index is 11.6. The first-order chi connectivity index (χ1) is 9.79. The summed E-state index contributed by atoms with van der Waals surface area (Å²) in [6, 6.07) is 8.03. The molecule has 0 radical (unpaired) electrons. The summed E-state index contributed by atoms with van der Waals surface area (Å²) in [5, 5.41) is 11.6. The first-order valence-electron chi connectivity index (χ1n) is 5.85. The minimum atomic E-state index is -0.107. The van der Waals surface area contributed by atoms with Crippen molar-refractivity contribution in [3.05, 3.63) is 24.3 Å². The number of carbonyl (C=O) groups is 1. The first kappa shape index (κ1) is 13.0. The zero-order chi connectivity index (χ0) is 13.9. The Labute approximate surface area is 123 Å². The molecule has 0 aliphatic heterocycles. The van der Waals surface area contributed by atoms with Crippen molar-refractivity contribution in [2.75, 3.05) is 12.3 Å². The van der Waals surface area contributed by atoms with Crippen molar-refractivity contribution in [1.82, 2.24) is 19.9 Å². The van der Waals surface area contributed by atoms with Gasteiger partial charge in [-0.15, -0.1) is 16.6 Å². The van der Waals surface area contributed by atoms with Crippen LogP contribution in [0.1, 0.15) is 0 Å². The van der Waals surface area contributed by atoms with Gasteiger partial charge in [-0.1, -0.05) is 41.2 Å². The number of nitrogens with zero attached hydrogens (tertiary/aromatic N) is 3. The number of para-hydroxylation sites is 1. The lowest BCUT2D eigenvalue weighted by Gasteiger charge is -2.00. The fourth-order valence-corrected chi connectivity index (χ4v) is 3.58. The summed E-state index contributed by atoms with van der Waals surface area (Å²) in [7, 11) is 0. The van der Waals surface area contributed by atoms with E-state index in [0.29, 0.717) is 5.16 Å². The van der Waals surface area contributed by atoms with Crippen LogP contribution in [0.15, 0.2) is 29.4 Å². The molecule has 0 bridgehead atoms. The lowest BCUT2D eigenvalue weighted by molar-refractivity contribution is -0.118. The lowest BCUT2D eigenvalue weighted by Crippen LogP contribution is -2.25. The topological polar surface area (TPSA) is 59.3 Å². The number of thiazole rings is 1. The Morgan fingerprint density at radius 2 is 2.30 bits per heavy atom. The van der Waals surface area contributed by atoms with Crippen LogP contribution in [0.3, 0.4) is 0 Å². The third-order valence-electron chi connectivity index (χ3n) is 2.63. The summed E-state index contributed by atoms with van der Waals surface area (Å²) in [5.74, 6) is 2.53. The van der Waals surface area contributed by atoms with Gasteiger partial charge in [0, 0.05) is 0 Å². The zero-order valence-electron chi connectivity index (χ0n) is 10.4. The van der Waals surface area contributed by atoms with E-state index < -0.39 is 0 Å². The molecule has 20 heavy (non-hydrogen) atoms. The molecule has 0 fully saturated rings. The normalized spacial score (nSPS) is 10.8. The maximum absolute atomic E-state index is 11.6. The molecule has 3 rings (SSSR count). The highest BCUT2D eigenvalue weighted by atomic mass is 32.2. The number of aromatic nitrogens is 3. The molecular formula is C13H10N4OS2. The Bertz CT molecular complexity index is 815. The van der Waals surface area contributed by atoms with Gasteiger partial charge in [-0.2, -0.15) is 0 Å². The van der Waals surface area contributed by atoms with E-state index in [1.165, 1.54) is 11.8 Å². The van der Waals surface area contributed by atoms with Crippen LogP contribution in [0.2, 0.25) is 0 Å². The Hall–Kier alpha value is -2.04. The van der Waals surface area contributed by atoms with Gasteiger partial charge in [0.2, 0.25) is 10.9 Å². The van der Waals surface area contributed by atoms with E-state index in [2.05, 4.69) is 21.4 Å². The van der Waals surface area contributed by atoms with Gasteiger partial charge in [0.1, 0.15) is 0 Å². The minimum absolute atomic E-state index is 0.107.